The molecule has 0 amide bonds. The summed E-state index contributed by atoms with van der Waals surface area (Å²) >= 11 is 5.11. The molecule has 0 spiro atoms. The van der Waals surface area contributed by atoms with Gasteiger partial charge in [-0.3, -0.25) is 4.79 Å². The normalized spacial score (nSPS) is 9.68. The maximum absolute atomic E-state index is 12.6. The maximum Gasteiger partial charge on any atom is 0.264 e. The summed E-state index contributed by atoms with van der Waals surface area (Å²) in [5, 5.41) is 9.21. The lowest BCUT2D eigenvalue weighted by Crippen LogP contribution is -2.25. The fourth-order valence-corrected chi connectivity index (χ4v) is 1.90. The van der Waals surface area contributed by atoms with Crippen molar-refractivity contribution in [2.24, 2.45) is 0 Å². The monoisotopic (exact) mass is 310 g/mol. The van der Waals surface area contributed by atoms with Gasteiger partial charge in [0.25, 0.3) is 5.17 Å². The first kappa shape index (κ1) is 15.7. The first-order valence-corrected chi connectivity index (χ1v) is 6.97. The predicted molar refractivity (Wildman–Crippen MR) is 87.9 cm³/mol. The van der Waals surface area contributed by atoms with Crippen molar-refractivity contribution in [1.29, 1.82) is 5.26 Å². The van der Waals surface area contributed by atoms with Crippen molar-refractivity contribution in [3.63, 3.8) is 0 Å². The van der Waals surface area contributed by atoms with Crippen LogP contribution in [-0.2, 0) is 0 Å². The summed E-state index contributed by atoms with van der Waals surface area (Å²) in [6, 6.07) is 15.5. The van der Waals surface area contributed by atoms with Gasteiger partial charge in [0.15, 0.2) is 5.78 Å². The Bertz CT molecular complexity index is 763. The lowest BCUT2D eigenvalue weighted by Gasteiger charge is -2.16. The Kier molecular flexibility index (Phi) is 4.87. The summed E-state index contributed by atoms with van der Waals surface area (Å²) in [4.78, 5) is 14.3. The van der Waals surface area contributed by atoms with Crippen LogP contribution in [-0.4, -0.2) is 30.0 Å². The van der Waals surface area contributed by atoms with Crippen LogP contribution in [0.2, 0.25) is 0 Å². The number of ketones is 1. The van der Waals surface area contributed by atoms with E-state index in [4.69, 9.17) is 22.2 Å². The van der Waals surface area contributed by atoms with Crippen LogP contribution >= 0.6 is 12.2 Å². The van der Waals surface area contributed by atoms with Crippen molar-refractivity contribution in [1.82, 2.24) is 4.90 Å². The summed E-state index contributed by atoms with van der Waals surface area (Å²) in [5.74, 6) is 0.183. The molecule has 0 fully saturated rings. The molecule has 5 heteroatoms. The molecule has 0 aliphatic heterocycles. The molecule has 0 unspecified atom stereocenters. The number of hydrogen-bond donors (Lipinski definition) is 0. The van der Waals surface area contributed by atoms with E-state index in [1.165, 1.54) is 0 Å². The highest BCUT2D eigenvalue weighted by atomic mass is 32.1. The summed E-state index contributed by atoms with van der Waals surface area (Å²) in [7, 11) is 3.53. The fourth-order valence-electron chi connectivity index (χ4n) is 1.81. The second-order valence-electron chi connectivity index (χ2n) is 4.78. The van der Waals surface area contributed by atoms with Gasteiger partial charge in [-0.1, -0.05) is 24.3 Å². The highest BCUT2D eigenvalue weighted by Gasteiger charge is 2.16. The summed E-state index contributed by atoms with van der Waals surface area (Å²) in [6.45, 7) is 0. The molecular formula is C17H14N2O2S. The zero-order chi connectivity index (χ0) is 16.1. The zero-order valence-electron chi connectivity index (χ0n) is 12.2. The first-order valence-electron chi connectivity index (χ1n) is 6.56. The number of thiocarbonyl (C=S) groups is 1. The van der Waals surface area contributed by atoms with Gasteiger partial charge in [0, 0.05) is 19.7 Å². The average Bonchev–Trinajstić information content (AvgIpc) is 2.54. The van der Waals surface area contributed by atoms with Crippen molar-refractivity contribution in [3.05, 3.63) is 65.2 Å². The molecule has 0 aliphatic carbocycles. The predicted octanol–water partition coefficient (Wildman–Crippen LogP) is 3.01. The van der Waals surface area contributed by atoms with Gasteiger partial charge in [-0.05, 0) is 36.5 Å². The quantitative estimate of drug-likeness (QED) is 0.644. The van der Waals surface area contributed by atoms with Crippen LogP contribution < -0.4 is 4.74 Å². The average molecular weight is 310 g/mol. The Labute approximate surface area is 134 Å². The molecule has 0 aliphatic rings. The molecule has 0 atom stereocenters. The summed E-state index contributed by atoms with van der Waals surface area (Å²) in [6.07, 6.45) is 0. The molecule has 2 aromatic carbocycles. The topological polar surface area (TPSA) is 53.3 Å². The highest BCUT2D eigenvalue weighted by Crippen LogP contribution is 2.22. The van der Waals surface area contributed by atoms with E-state index in [1.54, 1.807) is 67.5 Å². The standard InChI is InChI=1S/C17H14N2O2S/c1-19(2)17(22)21-15-9-4-3-8-14(15)16(20)13-7-5-6-12(10-13)11-18/h3-10H,1-2H3. The van der Waals surface area contributed by atoms with Gasteiger partial charge >= 0.3 is 0 Å². The van der Waals surface area contributed by atoms with Crippen LogP contribution in [0.5, 0.6) is 5.75 Å². The molecule has 0 N–H and O–H groups in total. The van der Waals surface area contributed by atoms with Gasteiger partial charge in [-0.15, -0.1) is 0 Å². The molecular weight excluding hydrogens is 296 g/mol. The second kappa shape index (κ2) is 6.83. The van der Waals surface area contributed by atoms with Gasteiger partial charge < -0.3 is 9.64 Å². The largest absolute Gasteiger partial charge is 0.431 e. The molecule has 0 bridgehead atoms. The molecule has 0 aromatic heterocycles. The van der Waals surface area contributed by atoms with Gasteiger partial charge in [0.2, 0.25) is 0 Å². The van der Waals surface area contributed by atoms with Crippen molar-refractivity contribution in [2.75, 3.05) is 14.1 Å². The Hall–Kier alpha value is -2.71. The Morgan fingerprint density at radius 1 is 1.18 bits per heavy atom. The van der Waals surface area contributed by atoms with Crippen LogP contribution in [0, 0.1) is 11.3 Å². The molecule has 0 saturated carbocycles. The van der Waals surface area contributed by atoms with E-state index in [1.807, 2.05) is 6.07 Å². The van der Waals surface area contributed by atoms with Gasteiger partial charge in [-0.25, -0.2) is 0 Å². The van der Waals surface area contributed by atoms with Crippen LogP contribution in [0.15, 0.2) is 48.5 Å². The van der Waals surface area contributed by atoms with E-state index in [9.17, 15) is 4.79 Å². The van der Waals surface area contributed by atoms with Gasteiger partial charge in [0.05, 0.1) is 17.2 Å². The Morgan fingerprint density at radius 2 is 1.91 bits per heavy atom. The fraction of sp³-hybridized carbons (Fsp3) is 0.118. The summed E-state index contributed by atoms with van der Waals surface area (Å²) < 4.78 is 5.58. The van der Waals surface area contributed by atoms with E-state index in [0.29, 0.717) is 22.4 Å². The van der Waals surface area contributed by atoms with E-state index >= 15 is 0 Å². The van der Waals surface area contributed by atoms with Gasteiger partial charge in [0.1, 0.15) is 5.75 Å². The Balaban J connectivity index is 2.38. The third-order valence-corrected chi connectivity index (χ3v) is 3.40. The number of para-hydroxylation sites is 1. The lowest BCUT2D eigenvalue weighted by atomic mass is 10.0. The first-order chi connectivity index (χ1) is 10.5. The molecule has 2 aromatic rings. The number of rotatable bonds is 3. The van der Waals surface area contributed by atoms with Crippen LogP contribution in [0.1, 0.15) is 21.5 Å². The minimum atomic E-state index is -0.214. The molecule has 22 heavy (non-hydrogen) atoms. The molecule has 110 valence electrons. The van der Waals surface area contributed by atoms with Gasteiger partial charge in [-0.2, -0.15) is 5.26 Å². The van der Waals surface area contributed by atoms with Crippen LogP contribution in [0.25, 0.3) is 0 Å². The Morgan fingerprint density at radius 3 is 2.59 bits per heavy atom. The van der Waals surface area contributed by atoms with Crippen LogP contribution in [0.3, 0.4) is 0 Å². The smallest absolute Gasteiger partial charge is 0.264 e. The van der Waals surface area contributed by atoms with E-state index in [0.717, 1.165) is 0 Å². The number of hydrogen-bond acceptors (Lipinski definition) is 4. The maximum atomic E-state index is 12.6. The molecule has 0 radical (unpaired) electrons. The van der Waals surface area contributed by atoms with Crippen molar-refractivity contribution >= 4 is 23.2 Å². The van der Waals surface area contributed by atoms with E-state index in [-0.39, 0.29) is 11.0 Å². The number of carbonyl (C=O) groups excluding carboxylic acids is 1. The summed E-state index contributed by atoms with van der Waals surface area (Å²) in [5.41, 5.74) is 1.28. The third-order valence-electron chi connectivity index (χ3n) is 2.95. The van der Waals surface area contributed by atoms with Crippen LogP contribution in [0.4, 0.5) is 0 Å². The third kappa shape index (κ3) is 3.48. The molecule has 0 heterocycles. The second-order valence-corrected chi connectivity index (χ2v) is 5.13. The van der Waals surface area contributed by atoms with E-state index in [2.05, 4.69) is 0 Å². The van der Waals surface area contributed by atoms with Crippen molar-refractivity contribution in [2.45, 2.75) is 0 Å². The lowest BCUT2D eigenvalue weighted by molar-refractivity contribution is 0.103. The number of ether oxygens (including phenoxy) is 1. The van der Waals surface area contributed by atoms with E-state index < -0.39 is 0 Å². The number of nitriles is 1. The molecule has 0 saturated heterocycles. The van der Waals surface area contributed by atoms with Crippen molar-refractivity contribution < 1.29 is 9.53 Å². The molecule has 2 rings (SSSR count). The minimum absolute atomic E-state index is 0.214. The molecule has 4 nitrogen and oxygen atoms in total. The van der Waals surface area contributed by atoms with Crippen molar-refractivity contribution in [3.8, 4) is 11.8 Å². The number of carbonyl (C=O) groups is 1. The zero-order valence-corrected chi connectivity index (χ0v) is 13.1. The minimum Gasteiger partial charge on any atom is -0.431 e. The highest BCUT2D eigenvalue weighted by molar-refractivity contribution is 7.80. The number of nitrogens with zero attached hydrogens (tertiary/aromatic N) is 2. The number of benzene rings is 2. The SMILES string of the molecule is CN(C)C(=S)Oc1ccccc1C(=O)c1cccc(C#N)c1.